The molecule has 1 aliphatic heterocycles. The average molecular weight is 378 g/mol. The normalized spacial score (nSPS) is 19.7. The molecule has 1 aliphatic rings. The minimum atomic E-state index is -3.06. The van der Waals surface area contributed by atoms with Crippen molar-refractivity contribution >= 4 is 26.8 Å². The third-order valence-electron chi connectivity index (χ3n) is 4.81. The fourth-order valence-electron chi connectivity index (χ4n) is 3.20. The first-order valence-corrected chi connectivity index (χ1v) is 10.6. The number of nitrogens with zero attached hydrogens (tertiary/aromatic N) is 4. The molecule has 3 rings (SSSR count). The highest BCUT2D eigenvalue weighted by Crippen LogP contribution is 2.23. The second kappa shape index (κ2) is 7.26. The second-order valence-electron chi connectivity index (χ2n) is 7.16. The highest BCUT2D eigenvalue weighted by molar-refractivity contribution is 7.92. The van der Waals surface area contributed by atoms with E-state index in [-0.39, 0.29) is 5.75 Å². The third kappa shape index (κ3) is 3.70. The molecule has 1 aromatic carbocycles. The molecule has 1 N–H and O–H groups in total. The van der Waals surface area contributed by atoms with Gasteiger partial charge in [-0.3, -0.25) is 4.99 Å². The van der Waals surface area contributed by atoms with Crippen molar-refractivity contribution in [3.63, 3.8) is 0 Å². The Bertz CT molecular complexity index is 901. The fourth-order valence-corrected chi connectivity index (χ4v) is 4.57. The summed E-state index contributed by atoms with van der Waals surface area (Å²) >= 11 is 0. The molecule has 0 bridgehead atoms. The van der Waals surface area contributed by atoms with Crippen molar-refractivity contribution in [2.45, 2.75) is 32.1 Å². The fraction of sp³-hybridized carbons (Fsp3) is 0.556. The number of guanidine groups is 1. The molecule has 0 amide bonds. The topological polar surface area (TPSA) is 79.6 Å². The number of benzene rings is 1. The standard InChI is InChI=1S/C18H27N5O2S/c1-4-19-17(22-11-12-26(24,25)18(2,3)13-22)20-9-10-23-14-21-15-7-5-6-8-16(15)23/h5-8,14H,4,9-13H2,1-3H3,(H,19,20). The lowest BCUT2D eigenvalue weighted by atomic mass is 10.2. The molecular weight excluding hydrogens is 350 g/mol. The van der Waals surface area contributed by atoms with Gasteiger partial charge in [0.1, 0.15) is 0 Å². The number of hydrogen-bond acceptors (Lipinski definition) is 4. The van der Waals surface area contributed by atoms with Crippen LogP contribution in [0.4, 0.5) is 0 Å². The molecule has 2 heterocycles. The van der Waals surface area contributed by atoms with Crippen LogP contribution < -0.4 is 5.32 Å². The van der Waals surface area contributed by atoms with Crippen molar-refractivity contribution in [3.05, 3.63) is 30.6 Å². The smallest absolute Gasteiger partial charge is 0.194 e. The van der Waals surface area contributed by atoms with E-state index >= 15 is 0 Å². The summed E-state index contributed by atoms with van der Waals surface area (Å²) in [7, 11) is -3.06. The van der Waals surface area contributed by atoms with Crippen LogP contribution >= 0.6 is 0 Å². The number of imidazole rings is 1. The Kier molecular flexibility index (Phi) is 5.22. The Morgan fingerprint density at radius 3 is 2.85 bits per heavy atom. The van der Waals surface area contributed by atoms with E-state index < -0.39 is 14.6 Å². The summed E-state index contributed by atoms with van der Waals surface area (Å²) in [6.07, 6.45) is 1.84. The first kappa shape index (κ1) is 18.7. The average Bonchev–Trinajstić information content (AvgIpc) is 3.00. The van der Waals surface area contributed by atoms with Crippen LogP contribution in [0.1, 0.15) is 20.8 Å². The minimum Gasteiger partial charge on any atom is -0.357 e. The van der Waals surface area contributed by atoms with E-state index in [0.29, 0.717) is 19.6 Å². The van der Waals surface area contributed by atoms with Gasteiger partial charge < -0.3 is 14.8 Å². The van der Waals surface area contributed by atoms with Gasteiger partial charge in [0.25, 0.3) is 0 Å². The largest absolute Gasteiger partial charge is 0.357 e. The van der Waals surface area contributed by atoms with Crippen molar-refractivity contribution in [2.75, 3.05) is 31.9 Å². The molecule has 0 atom stereocenters. The predicted octanol–water partition coefficient (Wildman–Crippen LogP) is 1.51. The lowest BCUT2D eigenvalue weighted by molar-refractivity contribution is 0.353. The maximum Gasteiger partial charge on any atom is 0.194 e. The number of hydrogen-bond donors (Lipinski definition) is 1. The molecule has 0 radical (unpaired) electrons. The van der Waals surface area contributed by atoms with Crippen molar-refractivity contribution < 1.29 is 8.42 Å². The van der Waals surface area contributed by atoms with Gasteiger partial charge in [0.05, 0.1) is 34.4 Å². The van der Waals surface area contributed by atoms with Gasteiger partial charge in [-0.25, -0.2) is 13.4 Å². The molecule has 2 aromatic rings. The van der Waals surface area contributed by atoms with Gasteiger partial charge in [-0.05, 0) is 32.9 Å². The summed E-state index contributed by atoms with van der Waals surface area (Å²) in [5.41, 5.74) is 2.07. The van der Waals surface area contributed by atoms with E-state index in [1.807, 2.05) is 31.5 Å². The van der Waals surface area contributed by atoms with Gasteiger partial charge >= 0.3 is 0 Å². The lowest BCUT2D eigenvalue weighted by Crippen LogP contribution is -2.57. The number of aliphatic imine (C=N–C) groups is 1. The van der Waals surface area contributed by atoms with E-state index in [1.54, 1.807) is 13.8 Å². The molecule has 0 spiro atoms. The van der Waals surface area contributed by atoms with E-state index in [2.05, 4.69) is 25.8 Å². The number of aromatic nitrogens is 2. The zero-order valence-corrected chi connectivity index (χ0v) is 16.5. The van der Waals surface area contributed by atoms with Crippen molar-refractivity contribution in [3.8, 4) is 0 Å². The minimum absolute atomic E-state index is 0.163. The van der Waals surface area contributed by atoms with Gasteiger partial charge in [0.15, 0.2) is 15.8 Å². The summed E-state index contributed by atoms with van der Waals surface area (Å²) in [6, 6.07) is 8.03. The van der Waals surface area contributed by atoms with Crippen LogP contribution in [0.2, 0.25) is 0 Å². The van der Waals surface area contributed by atoms with E-state index in [4.69, 9.17) is 4.99 Å². The predicted molar refractivity (Wildman–Crippen MR) is 105 cm³/mol. The van der Waals surface area contributed by atoms with E-state index in [9.17, 15) is 8.42 Å². The number of para-hydroxylation sites is 2. The van der Waals surface area contributed by atoms with Gasteiger partial charge in [0, 0.05) is 26.2 Å². The second-order valence-corrected chi connectivity index (χ2v) is 9.91. The maximum absolute atomic E-state index is 12.2. The Balaban J connectivity index is 1.71. The molecule has 1 saturated heterocycles. The number of sulfone groups is 1. The van der Waals surface area contributed by atoms with Crippen LogP contribution in [0.5, 0.6) is 0 Å². The Morgan fingerprint density at radius 1 is 1.35 bits per heavy atom. The summed E-state index contributed by atoms with van der Waals surface area (Å²) in [5.74, 6) is 0.941. The summed E-state index contributed by atoms with van der Waals surface area (Å²) < 4.78 is 25.8. The van der Waals surface area contributed by atoms with Crippen LogP contribution in [0.3, 0.4) is 0 Å². The van der Waals surface area contributed by atoms with E-state index in [0.717, 1.165) is 30.1 Å². The molecule has 0 saturated carbocycles. The molecule has 1 fully saturated rings. The SMILES string of the molecule is CCNC(=NCCn1cnc2ccccc21)N1CCS(=O)(=O)C(C)(C)C1. The molecule has 1 aromatic heterocycles. The zero-order chi connectivity index (χ0) is 18.8. The van der Waals surface area contributed by atoms with Crippen LogP contribution in [-0.4, -0.2) is 65.5 Å². The molecular formula is C18H27N5O2S. The van der Waals surface area contributed by atoms with Crippen LogP contribution in [-0.2, 0) is 16.4 Å². The highest BCUT2D eigenvalue weighted by Gasteiger charge is 2.40. The Labute approximate surface area is 155 Å². The van der Waals surface area contributed by atoms with Crippen LogP contribution in [0.25, 0.3) is 11.0 Å². The quantitative estimate of drug-likeness (QED) is 0.645. The third-order valence-corrected chi connectivity index (χ3v) is 7.34. The van der Waals surface area contributed by atoms with Crippen molar-refractivity contribution in [1.82, 2.24) is 19.8 Å². The summed E-state index contributed by atoms with van der Waals surface area (Å²) in [5, 5.41) is 3.29. The maximum atomic E-state index is 12.2. The number of fused-ring (bicyclic) bond motifs is 1. The number of nitrogens with one attached hydrogen (secondary N) is 1. The summed E-state index contributed by atoms with van der Waals surface area (Å²) in [4.78, 5) is 11.2. The molecule has 0 unspecified atom stereocenters. The monoisotopic (exact) mass is 377 g/mol. The first-order valence-electron chi connectivity index (χ1n) is 8.99. The highest BCUT2D eigenvalue weighted by atomic mass is 32.2. The zero-order valence-electron chi connectivity index (χ0n) is 15.6. The van der Waals surface area contributed by atoms with Gasteiger partial charge in [0.2, 0.25) is 0 Å². The molecule has 7 nitrogen and oxygen atoms in total. The Morgan fingerprint density at radius 2 is 2.12 bits per heavy atom. The van der Waals surface area contributed by atoms with Crippen molar-refractivity contribution in [1.29, 1.82) is 0 Å². The summed E-state index contributed by atoms with van der Waals surface area (Å²) in [6.45, 7) is 8.60. The molecule has 0 aliphatic carbocycles. The van der Waals surface area contributed by atoms with E-state index in [1.165, 1.54) is 0 Å². The van der Waals surface area contributed by atoms with Gasteiger partial charge in [-0.15, -0.1) is 0 Å². The lowest BCUT2D eigenvalue weighted by Gasteiger charge is -2.39. The number of rotatable bonds is 4. The Hall–Kier alpha value is -2.09. The first-order chi connectivity index (χ1) is 12.3. The molecule has 142 valence electrons. The molecule has 26 heavy (non-hydrogen) atoms. The molecule has 8 heteroatoms. The van der Waals surface area contributed by atoms with Gasteiger partial charge in [-0.2, -0.15) is 0 Å². The van der Waals surface area contributed by atoms with Crippen LogP contribution in [0, 0.1) is 0 Å². The van der Waals surface area contributed by atoms with Crippen molar-refractivity contribution in [2.24, 2.45) is 4.99 Å². The van der Waals surface area contributed by atoms with Crippen LogP contribution in [0.15, 0.2) is 35.6 Å². The van der Waals surface area contributed by atoms with Gasteiger partial charge in [-0.1, -0.05) is 12.1 Å².